The Bertz CT molecular complexity index is 1230. The largest absolute Gasteiger partial charge is 2.00 e. The number of phenolic OH excluding ortho intramolecular Hbond substituents is 2. The van der Waals surface area contributed by atoms with Crippen molar-refractivity contribution in [3.63, 3.8) is 0 Å². The summed E-state index contributed by atoms with van der Waals surface area (Å²) in [6, 6.07) is 8.66. The van der Waals surface area contributed by atoms with Crippen molar-refractivity contribution in [2.24, 2.45) is 9.98 Å². The number of aromatic hydroxyl groups is 2. The van der Waals surface area contributed by atoms with Gasteiger partial charge in [-0.1, -0.05) is 80.4 Å². The maximum absolute atomic E-state index is 11.0. The fraction of sp³-hybridized carbons (Fsp3) is 0.579. The molecule has 0 saturated heterocycles. The number of aliphatic imine (C=N–C) groups is 2. The van der Waals surface area contributed by atoms with Gasteiger partial charge in [0.15, 0.2) is 0 Å². The molecule has 2 N–H and O–H groups in total. The van der Waals surface area contributed by atoms with Crippen molar-refractivity contribution in [2.45, 2.75) is 144 Å². The van der Waals surface area contributed by atoms with Crippen LogP contribution in [0, 0.1) is 0 Å². The first-order chi connectivity index (χ1) is 21.5. The molecule has 1 saturated carbocycles. The van der Waals surface area contributed by atoms with Gasteiger partial charge in [0.2, 0.25) is 0 Å². The predicted molar refractivity (Wildman–Crippen MR) is 184 cm³/mol. The summed E-state index contributed by atoms with van der Waals surface area (Å²) in [6.45, 7) is 19.3. The van der Waals surface area contributed by atoms with Crippen LogP contribution in [-0.4, -0.2) is 46.7 Å². The van der Waals surface area contributed by atoms with E-state index in [9.17, 15) is 10.2 Å². The molecule has 0 aliphatic heterocycles. The van der Waals surface area contributed by atoms with E-state index in [1.54, 1.807) is 0 Å². The molecule has 2 aromatic rings. The van der Waals surface area contributed by atoms with Crippen LogP contribution in [0.25, 0.3) is 0 Å². The molecule has 1 radical (unpaired) electrons. The Kier molecular flexibility index (Phi) is 20.2. The maximum Gasteiger partial charge on any atom is 2.00 e. The number of carbonyl (C=O) groups excluding carboxylic acids is 2. The van der Waals surface area contributed by atoms with Crippen LogP contribution in [0.3, 0.4) is 0 Å². The SMILES string of the molecule is CC(=O)[O-].CC(=O)[O-].CCC(C)c1cc(C=NC2CCCCC2N=Cc2cc(C(C)CC)cc(C(C)C)c2O)c(O)c(C(C)C)c1.[Co+2]. The molecule has 8 nitrogen and oxygen atoms in total. The van der Waals surface area contributed by atoms with E-state index < -0.39 is 11.9 Å². The second-order valence-electron chi connectivity index (χ2n) is 13.0. The van der Waals surface area contributed by atoms with Gasteiger partial charge in [0, 0.05) is 35.5 Å². The van der Waals surface area contributed by atoms with Gasteiger partial charge in [-0.25, -0.2) is 0 Å². The zero-order valence-electron chi connectivity index (χ0n) is 29.9. The number of phenols is 2. The van der Waals surface area contributed by atoms with Gasteiger partial charge in [-0.2, -0.15) is 0 Å². The van der Waals surface area contributed by atoms with Gasteiger partial charge < -0.3 is 30.0 Å². The van der Waals surface area contributed by atoms with Crippen LogP contribution in [0.4, 0.5) is 0 Å². The molecule has 1 fully saturated rings. The zero-order valence-corrected chi connectivity index (χ0v) is 31.0. The minimum atomic E-state index is -1.08. The summed E-state index contributed by atoms with van der Waals surface area (Å²) in [5, 5.41) is 39.8. The van der Waals surface area contributed by atoms with Crippen LogP contribution >= 0.6 is 0 Å². The Balaban J connectivity index is 0.00000211. The van der Waals surface area contributed by atoms with E-state index >= 15 is 0 Å². The van der Waals surface area contributed by atoms with Crippen molar-refractivity contribution in [3.8, 4) is 11.5 Å². The molecule has 0 amide bonds. The van der Waals surface area contributed by atoms with E-state index in [2.05, 4.69) is 79.7 Å². The van der Waals surface area contributed by atoms with Gasteiger partial charge in [-0.05, 0) is 97.6 Å². The monoisotopic (exact) mass is 695 g/mol. The number of carbonyl (C=O) groups is 2. The summed E-state index contributed by atoms with van der Waals surface area (Å²) in [6.07, 6.45) is 10.1. The number of benzene rings is 2. The molecule has 0 spiro atoms. The Morgan fingerprint density at radius 2 is 1.02 bits per heavy atom. The van der Waals surface area contributed by atoms with E-state index in [-0.39, 0.29) is 40.7 Å². The Hall–Kier alpha value is -3.17. The third-order valence-corrected chi connectivity index (χ3v) is 8.49. The number of aliphatic carboxylic acids is 2. The molecule has 0 bridgehead atoms. The summed E-state index contributed by atoms with van der Waals surface area (Å²) in [7, 11) is 0. The van der Waals surface area contributed by atoms with Crippen LogP contribution in [0.1, 0.15) is 165 Å². The summed E-state index contributed by atoms with van der Waals surface area (Å²) in [5.41, 5.74) is 6.10. The number of carboxylic acid groups (broad SMARTS) is 2. The molecule has 4 unspecified atom stereocenters. The van der Waals surface area contributed by atoms with Gasteiger partial charge in [-0.3, -0.25) is 9.98 Å². The van der Waals surface area contributed by atoms with E-state index in [0.717, 1.165) is 74.6 Å². The van der Waals surface area contributed by atoms with Gasteiger partial charge in [0.05, 0.1) is 12.1 Å². The quantitative estimate of drug-likeness (QED) is 0.264. The Morgan fingerprint density at radius 1 is 0.723 bits per heavy atom. The average molecular weight is 696 g/mol. The predicted octanol–water partition coefficient (Wildman–Crippen LogP) is 6.73. The van der Waals surface area contributed by atoms with Crippen LogP contribution in [0.5, 0.6) is 11.5 Å². The minimum Gasteiger partial charge on any atom is -0.550 e. The number of nitrogens with zero attached hydrogens (tertiary/aromatic N) is 2. The van der Waals surface area contributed by atoms with Crippen LogP contribution in [0.15, 0.2) is 34.3 Å². The van der Waals surface area contributed by atoms with Crippen molar-refractivity contribution in [1.82, 2.24) is 0 Å². The second kappa shape index (κ2) is 21.7. The first-order valence-corrected chi connectivity index (χ1v) is 16.7. The maximum atomic E-state index is 11.0. The first-order valence-electron chi connectivity index (χ1n) is 16.7. The standard InChI is InChI=1S/C34H50N2O2.2C2H4O2.Co/c1-9-23(7)25-15-27(33(37)29(17-25)21(3)4)19-35-31-13-11-12-14-32(31)36-20-28-16-26(24(8)10-2)18-30(22(5)6)34(28)38;2*1-2(3)4;/h15-24,31-32,37-38H,9-14H2,1-8H3;2*1H3,(H,3,4);/q;;;+2/p-2. The topological polar surface area (TPSA) is 145 Å². The Labute approximate surface area is 293 Å². The smallest absolute Gasteiger partial charge is 0.550 e. The number of hydrogen-bond donors (Lipinski definition) is 2. The number of carboxylic acids is 2. The third kappa shape index (κ3) is 14.6. The molecule has 3 rings (SSSR count). The molecule has 0 heterocycles. The van der Waals surface area contributed by atoms with Gasteiger partial charge >= 0.3 is 16.8 Å². The molecule has 4 atom stereocenters. The second-order valence-corrected chi connectivity index (χ2v) is 13.0. The van der Waals surface area contributed by atoms with E-state index in [0.29, 0.717) is 23.3 Å². The zero-order chi connectivity index (χ0) is 35.1. The first kappa shape index (κ1) is 43.8. The average Bonchev–Trinajstić information content (AvgIpc) is 2.98. The summed E-state index contributed by atoms with van der Waals surface area (Å²) < 4.78 is 0. The molecule has 47 heavy (non-hydrogen) atoms. The van der Waals surface area contributed by atoms with E-state index in [1.807, 2.05) is 12.4 Å². The molecular formula is C38H56CoN2O6. The van der Waals surface area contributed by atoms with Crippen molar-refractivity contribution in [3.05, 3.63) is 57.6 Å². The molecule has 2 aromatic carbocycles. The Morgan fingerprint density at radius 3 is 1.28 bits per heavy atom. The van der Waals surface area contributed by atoms with Gasteiger partial charge in [-0.15, -0.1) is 0 Å². The molecule has 0 aromatic heterocycles. The van der Waals surface area contributed by atoms with Crippen LogP contribution in [-0.2, 0) is 26.4 Å². The van der Waals surface area contributed by atoms with E-state index in [4.69, 9.17) is 29.8 Å². The van der Waals surface area contributed by atoms with Gasteiger partial charge in [0.1, 0.15) is 11.5 Å². The van der Waals surface area contributed by atoms with Crippen LogP contribution in [0.2, 0.25) is 0 Å². The number of hydrogen-bond acceptors (Lipinski definition) is 8. The fourth-order valence-electron chi connectivity index (χ4n) is 5.32. The fourth-order valence-corrected chi connectivity index (χ4v) is 5.32. The molecular weight excluding hydrogens is 639 g/mol. The molecule has 263 valence electrons. The molecule has 9 heteroatoms. The minimum absolute atomic E-state index is 0. The third-order valence-electron chi connectivity index (χ3n) is 8.49. The van der Waals surface area contributed by atoms with Crippen LogP contribution < -0.4 is 10.2 Å². The normalized spacial score (nSPS) is 17.4. The summed E-state index contributed by atoms with van der Waals surface area (Å²) in [5.74, 6) is -0.122. The number of rotatable bonds is 10. The summed E-state index contributed by atoms with van der Waals surface area (Å²) in [4.78, 5) is 27.8. The molecule has 1 aliphatic carbocycles. The van der Waals surface area contributed by atoms with Crippen molar-refractivity contribution in [2.75, 3.05) is 0 Å². The summed E-state index contributed by atoms with van der Waals surface area (Å²) >= 11 is 0. The van der Waals surface area contributed by atoms with Crippen molar-refractivity contribution >= 4 is 24.4 Å². The van der Waals surface area contributed by atoms with Crippen molar-refractivity contribution in [1.29, 1.82) is 0 Å². The van der Waals surface area contributed by atoms with Crippen molar-refractivity contribution < 1.29 is 46.8 Å². The van der Waals surface area contributed by atoms with Gasteiger partial charge in [0.25, 0.3) is 0 Å². The van der Waals surface area contributed by atoms with E-state index in [1.165, 1.54) is 11.1 Å². The molecule has 1 aliphatic rings.